The number of nitrogens with zero attached hydrogens (tertiary/aromatic N) is 1. The molecule has 1 saturated carbocycles. The van der Waals surface area contributed by atoms with Crippen LogP contribution in [0.1, 0.15) is 80.1 Å². The molecule has 0 bridgehead atoms. The summed E-state index contributed by atoms with van der Waals surface area (Å²) in [4.78, 5) is 2.68. The van der Waals surface area contributed by atoms with Gasteiger partial charge in [0.05, 0.1) is 0 Å². The molecule has 0 spiro atoms. The van der Waals surface area contributed by atoms with Crippen molar-refractivity contribution in [2.45, 2.75) is 98.2 Å². The van der Waals surface area contributed by atoms with Crippen molar-refractivity contribution in [3.8, 4) is 0 Å². The largest absolute Gasteiger partial charge is 0.312 e. The third kappa shape index (κ3) is 5.56. The van der Waals surface area contributed by atoms with Gasteiger partial charge in [-0.15, -0.1) is 0 Å². The molecule has 2 heteroatoms. The van der Waals surface area contributed by atoms with Gasteiger partial charge in [-0.3, -0.25) is 4.90 Å². The molecule has 0 aromatic carbocycles. The SMILES string of the molecule is CCCNC1CCC(CCC)CC1N(C)C(C)C(C)(C)C. The van der Waals surface area contributed by atoms with E-state index in [1.165, 1.54) is 38.5 Å². The maximum atomic E-state index is 3.83. The molecule has 0 aromatic heterocycles. The van der Waals surface area contributed by atoms with Crippen molar-refractivity contribution in [3.63, 3.8) is 0 Å². The van der Waals surface area contributed by atoms with Crippen molar-refractivity contribution >= 4 is 0 Å². The fourth-order valence-electron chi connectivity index (χ4n) is 3.82. The minimum atomic E-state index is 0.349. The maximum absolute atomic E-state index is 3.83. The lowest BCUT2D eigenvalue weighted by Crippen LogP contribution is -2.56. The van der Waals surface area contributed by atoms with E-state index in [9.17, 15) is 0 Å². The van der Waals surface area contributed by atoms with Gasteiger partial charge in [0.15, 0.2) is 0 Å². The molecule has 0 aliphatic heterocycles. The molecule has 21 heavy (non-hydrogen) atoms. The highest BCUT2D eigenvalue weighted by Gasteiger charge is 2.36. The van der Waals surface area contributed by atoms with E-state index in [4.69, 9.17) is 0 Å². The molecular formula is C19H40N2. The molecule has 0 heterocycles. The van der Waals surface area contributed by atoms with Gasteiger partial charge in [-0.2, -0.15) is 0 Å². The van der Waals surface area contributed by atoms with E-state index in [0.717, 1.165) is 12.5 Å². The fraction of sp³-hybridized carbons (Fsp3) is 1.00. The minimum absolute atomic E-state index is 0.349. The van der Waals surface area contributed by atoms with Gasteiger partial charge < -0.3 is 5.32 Å². The van der Waals surface area contributed by atoms with Gasteiger partial charge in [-0.25, -0.2) is 0 Å². The molecule has 126 valence electrons. The summed E-state index contributed by atoms with van der Waals surface area (Å²) in [5, 5.41) is 3.83. The van der Waals surface area contributed by atoms with Crippen LogP contribution in [0.5, 0.6) is 0 Å². The Balaban J connectivity index is 2.76. The third-order valence-corrected chi connectivity index (χ3v) is 5.67. The topological polar surface area (TPSA) is 15.3 Å². The highest BCUT2D eigenvalue weighted by Crippen LogP contribution is 2.34. The molecule has 1 rings (SSSR count). The second kappa shape index (κ2) is 8.53. The van der Waals surface area contributed by atoms with Crippen molar-refractivity contribution in [1.82, 2.24) is 10.2 Å². The van der Waals surface area contributed by atoms with Crippen LogP contribution < -0.4 is 5.32 Å². The van der Waals surface area contributed by atoms with Gasteiger partial charge in [-0.05, 0) is 57.5 Å². The van der Waals surface area contributed by atoms with Crippen LogP contribution in [0.2, 0.25) is 0 Å². The van der Waals surface area contributed by atoms with Gasteiger partial charge in [0, 0.05) is 18.1 Å². The Kier molecular flexibility index (Phi) is 7.70. The van der Waals surface area contributed by atoms with Crippen LogP contribution in [0.15, 0.2) is 0 Å². The van der Waals surface area contributed by atoms with Crippen LogP contribution in [0.3, 0.4) is 0 Å². The first-order chi connectivity index (χ1) is 9.81. The second-order valence-electron chi connectivity index (χ2n) is 8.30. The van der Waals surface area contributed by atoms with E-state index in [0.29, 0.717) is 23.5 Å². The molecule has 0 saturated heterocycles. The number of likely N-dealkylation sites (N-methyl/N-ethyl adjacent to an activating group) is 1. The first-order valence-corrected chi connectivity index (χ1v) is 9.26. The Bertz CT molecular complexity index is 282. The first-order valence-electron chi connectivity index (χ1n) is 9.26. The average molecular weight is 297 g/mol. The summed E-state index contributed by atoms with van der Waals surface area (Å²) in [6.07, 6.45) is 8.14. The van der Waals surface area contributed by atoms with Crippen LogP contribution in [-0.4, -0.2) is 36.6 Å². The summed E-state index contributed by atoms with van der Waals surface area (Å²) in [6.45, 7) is 15.3. The third-order valence-electron chi connectivity index (χ3n) is 5.67. The molecule has 1 N–H and O–H groups in total. The molecule has 0 radical (unpaired) electrons. The quantitative estimate of drug-likeness (QED) is 0.733. The predicted octanol–water partition coefficient (Wildman–Crippen LogP) is 4.69. The number of rotatable bonds is 7. The number of hydrogen-bond acceptors (Lipinski definition) is 2. The monoisotopic (exact) mass is 296 g/mol. The van der Waals surface area contributed by atoms with E-state index < -0.39 is 0 Å². The molecule has 0 aromatic rings. The Morgan fingerprint density at radius 1 is 1.14 bits per heavy atom. The van der Waals surface area contributed by atoms with E-state index >= 15 is 0 Å². The lowest BCUT2D eigenvalue weighted by atomic mass is 9.77. The standard InChI is InChI=1S/C19H40N2/c1-8-10-16-11-12-17(20-13-9-2)18(14-16)21(7)15(3)19(4,5)6/h15-18,20H,8-14H2,1-7H3. The van der Waals surface area contributed by atoms with Crippen LogP contribution in [0, 0.1) is 11.3 Å². The van der Waals surface area contributed by atoms with Gasteiger partial charge in [-0.1, -0.05) is 47.5 Å². The van der Waals surface area contributed by atoms with Crippen LogP contribution >= 0.6 is 0 Å². The molecule has 4 unspecified atom stereocenters. The number of nitrogens with one attached hydrogen (secondary N) is 1. The molecule has 2 nitrogen and oxygen atoms in total. The molecular weight excluding hydrogens is 256 g/mol. The van der Waals surface area contributed by atoms with E-state index in [2.05, 4.69) is 58.8 Å². The summed E-state index contributed by atoms with van der Waals surface area (Å²) >= 11 is 0. The zero-order chi connectivity index (χ0) is 16.0. The Morgan fingerprint density at radius 2 is 1.81 bits per heavy atom. The molecule has 1 aliphatic rings. The van der Waals surface area contributed by atoms with Crippen molar-refractivity contribution in [3.05, 3.63) is 0 Å². The highest BCUT2D eigenvalue weighted by molar-refractivity contribution is 4.93. The lowest BCUT2D eigenvalue weighted by Gasteiger charge is -2.47. The molecule has 1 fully saturated rings. The van der Waals surface area contributed by atoms with Crippen molar-refractivity contribution in [1.29, 1.82) is 0 Å². The summed E-state index contributed by atoms with van der Waals surface area (Å²) in [7, 11) is 2.36. The highest BCUT2D eigenvalue weighted by atomic mass is 15.2. The Labute approximate surface area is 134 Å². The normalized spacial score (nSPS) is 28.9. The Morgan fingerprint density at radius 3 is 2.33 bits per heavy atom. The van der Waals surface area contributed by atoms with Gasteiger partial charge in [0.2, 0.25) is 0 Å². The molecule has 0 amide bonds. The Hall–Kier alpha value is -0.0800. The van der Waals surface area contributed by atoms with Crippen molar-refractivity contribution in [2.24, 2.45) is 11.3 Å². The average Bonchev–Trinajstić information content (AvgIpc) is 2.43. The second-order valence-corrected chi connectivity index (χ2v) is 8.30. The predicted molar refractivity (Wildman–Crippen MR) is 94.8 cm³/mol. The molecule has 4 atom stereocenters. The van der Waals surface area contributed by atoms with Gasteiger partial charge >= 0.3 is 0 Å². The van der Waals surface area contributed by atoms with Gasteiger partial charge in [0.1, 0.15) is 0 Å². The van der Waals surface area contributed by atoms with E-state index in [1.54, 1.807) is 0 Å². The minimum Gasteiger partial charge on any atom is -0.312 e. The summed E-state index contributed by atoms with van der Waals surface area (Å²) in [5.41, 5.74) is 0.349. The van der Waals surface area contributed by atoms with Crippen LogP contribution in [-0.2, 0) is 0 Å². The summed E-state index contributed by atoms with van der Waals surface area (Å²) in [6, 6.07) is 2.01. The molecule has 1 aliphatic carbocycles. The summed E-state index contributed by atoms with van der Waals surface area (Å²) < 4.78 is 0. The maximum Gasteiger partial charge on any atom is 0.0251 e. The summed E-state index contributed by atoms with van der Waals surface area (Å²) in [5.74, 6) is 0.939. The zero-order valence-corrected chi connectivity index (χ0v) is 15.7. The lowest BCUT2D eigenvalue weighted by molar-refractivity contribution is 0.0431. The first kappa shape index (κ1) is 19.0. The smallest absolute Gasteiger partial charge is 0.0251 e. The van der Waals surface area contributed by atoms with E-state index in [-0.39, 0.29) is 0 Å². The zero-order valence-electron chi connectivity index (χ0n) is 15.7. The van der Waals surface area contributed by atoms with Crippen molar-refractivity contribution in [2.75, 3.05) is 13.6 Å². The van der Waals surface area contributed by atoms with Crippen LogP contribution in [0.25, 0.3) is 0 Å². The fourth-order valence-corrected chi connectivity index (χ4v) is 3.82. The number of hydrogen-bond donors (Lipinski definition) is 1. The van der Waals surface area contributed by atoms with E-state index in [1.807, 2.05) is 0 Å². The van der Waals surface area contributed by atoms with Crippen molar-refractivity contribution < 1.29 is 0 Å². The van der Waals surface area contributed by atoms with Gasteiger partial charge in [0.25, 0.3) is 0 Å². The van der Waals surface area contributed by atoms with Crippen LogP contribution in [0.4, 0.5) is 0 Å².